The van der Waals surface area contributed by atoms with Crippen LogP contribution < -0.4 is 5.73 Å². The summed E-state index contributed by atoms with van der Waals surface area (Å²) in [4.78, 5) is 5.85. The molecule has 0 fully saturated rings. The first-order valence-electron chi connectivity index (χ1n) is 6.43. The van der Waals surface area contributed by atoms with E-state index in [4.69, 9.17) is 5.73 Å². The van der Waals surface area contributed by atoms with Gasteiger partial charge in [-0.2, -0.15) is 13.2 Å². The first-order valence-corrected chi connectivity index (χ1v) is 7.24. The van der Waals surface area contributed by atoms with E-state index in [2.05, 4.69) is 4.98 Å². The van der Waals surface area contributed by atoms with Crippen molar-refractivity contribution in [2.75, 3.05) is 5.73 Å². The first-order chi connectivity index (χ1) is 10.4. The summed E-state index contributed by atoms with van der Waals surface area (Å²) in [6, 6.07) is 12.7. The number of benzene rings is 2. The number of nitrogens with two attached hydrogens (primary N) is 1. The molecule has 0 aliphatic rings. The number of aromatic nitrogens is 1. The van der Waals surface area contributed by atoms with Crippen LogP contribution in [0, 0.1) is 0 Å². The van der Waals surface area contributed by atoms with E-state index in [0.717, 1.165) is 21.9 Å². The maximum atomic E-state index is 12.8. The Balaban J connectivity index is 2.02. The van der Waals surface area contributed by atoms with Gasteiger partial charge in [-0.3, -0.25) is 4.98 Å². The number of fused-ring (bicyclic) bond motifs is 1. The summed E-state index contributed by atoms with van der Waals surface area (Å²) in [5, 5.41) is 0.692. The lowest BCUT2D eigenvalue weighted by molar-refractivity contribution is -0.137. The summed E-state index contributed by atoms with van der Waals surface area (Å²) < 4.78 is 38.3. The van der Waals surface area contributed by atoms with Crippen molar-refractivity contribution in [1.82, 2.24) is 4.98 Å². The maximum absolute atomic E-state index is 12.8. The van der Waals surface area contributed by atoms with E-state index in [0.29, 0.717) is 16.6 Å². The molecule has 0 saturated carbocycles. The third-order valence-electron chi connectivity index (χ3n) is 3.14. The van der Waals surface area contributed by atoms with Crippen molar-refractivity contribution in [2.24, 2.45) is 0 Å². The van der Waals surface area contributed by atoms with Gasteiger partial charge in [-0.1, -0.05) is 17.8 Å². The molecule has 1 heterocycles. The minimum Gasteiger partial charge on any atom is -0.399 e. The van der Waals surface area contributed by atoms with E-state index < -0.39 is 11.7 Å². The quantitative estimate of drug-likeness (QED) is 0.676. The van der Waals surface area contributed by atoms with Gasteiger partial charge in [-0.15, -0.1) is 0 Å². The smallest absolute Gasteiger partial charge is 0.399 e. The highest BCUT2D eigenvalue weighted by atomic mass is 32.2. The van der Waals surface area contributed by atoms with E-state index >= 15 is 0 Å². The van der Waals surface area contributed by atoms with Crippen LogP contribution in [0.3, 0.4) is 0 Å². The zero-order valence-electron chi connectivity index (χ0n) is 11.3. The molecule has 2 N–H and O–H groups in total. The van der Waals surface area contributed by atoms with Crippen molar-refractivity contribution in [1.29, 1.82) is 0 Å². The molecule has 112 valence electrons. The number of alkyl halides is 3. The van der Waals surface area contributed by atoms with Gasteiger partial charge in [0.2, 0.25) is 0 Å². The molecular formula is C16H11F3N2S. The standard InChI is InChI=1S/C16H11F3N2S/c17-16(18,19)10-1-6-13-14(9-10)21-8-7-15(13)22-12-4-2-11(20)3-5-12/h1-9H,20H2. The normalized spacial score (nSPS) is 11.8. The molecule has 0 aliphatic heterocycles. The fourth-order valence-corrected chi connectivity index (χ4v) is 2.99. The van der Waals surface area contributed by atoms with E-state index in [1.54, 1.807) is 18.2 Å². The molecule has 22 heavy (non-hydrogen) atoms. The predicted molar refractivity (Wildman–Crippen MR) is 81.7 cm³/mol. The molecule has 1 aromatic heterocycles. The average Bonchev–Trinajstić information content (AvgIpc) is 2.48. The molecule has 6 heteroatoms. The molecule has 0 spiro atoms. The van der Waals surface area contributed by atoms with E-state index in [1.165, 1.54) is 24.0 Å². The summed E-state index contributed by atoms with van der Waals surface area (Å²) in [6.07, 6.45) is -2.85. The van der Waals surface area contributed by atoms with Gasteiger partial charge in [-0.25, -0.2) is 0 Å². The summed E-state index contributed by atoms with van der Waals surface area (Å²) in [6.45, 7) is 0. The highest BCUT2D eigenvalue weighted by Gasteiger charge is 2.30. The molecule has 3 aromatic rings. The van der Waals surface area contributed by atoms with Gasteiger partial charge in [0.05, 0.1) is 11.1 Å². The van der Waals surface area contributed by atoms with Crippen LogP contribution in [0.1, 0.15) is 5.56 Å². The van der Waals surface area contributed by atoms with Crippen LogP contribution >= 0.6 is 11.8 Å². The lowest BCUT2D eigenvalue weighted by atomic mass is 10.1. The minimum atomic E-state index is -4.37. The van der Waals surface area contributed by atoms with Gasteiger partial charge in [0.15, 0.2) is 0 Å². The Hall–Kier alpha value is -2.21. The fraction of sp³-hybridized carbons (Fsp3) is 0.0625. The van der Waals surface area contributed by atoms with Gasteiger partial charge < -0.3 is 5.73 Å². The monoisotopic (exact) mass is 320 g/mol. The molecular weight excluding hydrogens is 309 g/mol. The molecule has 0 atom stereocenters. The number of halogens is 3. The number of pyridine rings is 1. The van der Waals surface area contributed by atoms with Crippen LogP contribution in [0.4, 0.5) is 18.9 Å². The summed E-state index contributed by atoms with van der Waals surface area (Å²) in [5.74, 6) is 0. The van der Waals surface area contributed by atoms with Crippen LogP contribution in [0.5, 0.6) is 0 Å². The average molecular weight is 320 g/mol. The van der Waals surface area contributed by atoms with Crippen LogP contribution in [-0.4, -0.2) is 4.98 Å². The lowest BCUT2D eigenvalue weighted by Gasteiger charge is -2.10. The molecule has 0 unspecified atom stereocenters. The number of anilines is 1. The highest BCUT2D eigenvalue weighted by Crippen LogP contribution is 2.36. The second-order valence-corrected chi connectivity index (χ2v) is 5.83. The maximum Gasteiger partial charge on any atom is 0.416 e. The third-order valence-corrected chi connectivity index (χ3v) is 4.22. The third kappa shape index (κ3) is 3.01. The first kappa shape index (κ1) is 14.7. The molecule has 3 rings (SSSR count). The molecule has 0 radical (unpaired) electrons. The SMILES string of the molecule is Nc1ccc(Sc2ccnc3cc(C(F)(F)F)ccc23)cc1. The van der Waals surface area contributed by atoms with Gasteiger partial charge >= 0.3 is 6.18 Å². The Morgan fingerprint density at radius 3 is 2.36 bits per heavy atom. The van der Waals surface area contributed by atoms with E-state index in [9.17, 15) is 13.2 Å². The summed E-state index contributed by atoms with van der Waals surface area (Å²) in [5.41, 5.74) is 5.94. The molecule has 0 amide bonds. The van der Waals surface area contributed by atoms with Crippen LogP contribution in [0.25, 0.3) is 10.9 Å². The van der Waals surface area contributed by atoms with Gasteiger partial charge in [-0.05, 0) is 42.5 Å². The number of nitrogens with zero attached hydrogens (tertiary/aromatic N) is 1. The zero-order valence-corrected chi connectivity index (χ0v) is 12.1. The number of nitrogen functional groups attached to an aromatic ring is 1. The van der Waals surface area contributed by atoms with Crippen molar-refractivity contribution in [3.05, 3.63) is 60.3 Å². The molecule has 0 aliphatic carbocycles. The summed E-state index contributed by atoms with van der Waals surface area (Å²) in [7, 11) is 0. The molecule has 2 aromatic carbocycles. The van der Waals surface area contributed by atoms with E-state index in [-0.39, 0.29) is 0 Å². The van der Waals surface area contributed by atoms with Gasteiger partial charge in [0.1, 0.15) is 0 Å². The summed E-state index contributed by atoms with van der Waals surface area (Å²) >= 11 is 1.46. The second-order valence-electron chi connectivity index (χ2n) is 4.71. The fourth-order valence-electron chi connectivity index (χ4n) is 2.05. The Morgan fingerprint density at radius 1 is 0.955 bits per heavy atom. The Morgan fingerprint density at radius 2 is 1.68 bits per heavy atom. The highest BCUT2D eigenvalue weighted by molar-refractivity contribution is 7.99. The minimum absolute atomic E-state index is 0.329. The topological polar surface area (TPSA) is 38.9 Å². The lowest BCUT2D eigenvalue weighted by Crippen LogP contribution is -2.04. The largest absolute Gasteiger partial charge is 0.416 e. The van der Waals surface area contributed by atoms with Crippen LogP contribution in [0.2, 0.25) is 0 Å². The Bertz CT molecular complexity index is 814. The Labute approximate surface area is 129 Å². The van der Waals surface area contributed by atoms with Crippen LogP contribution in [0.15, 0.2) is 64.5 Å². The molecule has 0 saturated heterocycles. The van der Waals surface area contributed by atoms with Crippen molar-refractivity contribution < 1.29 is 13.2 Å². The van der Waals surface area contributed by atoms with Crippen LogP contribution in [-0.2, 0) is 6.18 Å². The van der Waals surface area contributed by atoms with Crippen molar-refractivity contribution in [2.45, 2.75) is 16.0 Å². The molecule has 0 bridgehead atoms. The van der Waals surface area contributed by atoms with Crippen molar-refractivity contribution in [3.63, 3.8) is 0 Å². The van der Waals surface area contributed by atoms with Gasteiger partial charge in [0, 0.05) is 27.1 Å². The molecule has 2 nitrogen and oxygen atoms in total. The predicted octanol–water partition coefficient (Wildman–Crippen LogP) is 4.99. The Kier molecular flexibility index (Phi) is 3.70. The number of hydrogen-bond donors (Lipinski definition) is 1. The van der Waals surface area contributed by atoms with E-state index in [1.807, 2.05) is 12.1 Å². The zero-order chi connectivity index (χ0) is 15.7. The second kappa shape index (κ2) is 5.53. The van der Waals surface area contributed by atoms with Gasteiger partial charge in [0.25, 0.3) is 0 Å². The van der Waals surface area contributed by atoms with Crippen molar-refractivity contribution in [3.8, 4) is 0 Å². The number of hydrogen-bond acceptors (Lipinski definition) is 3. The van der Waals surface area contributed by atoms with Crippen molar-refractivity contribution >= 4 is 28.4 Å². The number of rotatable bonds is 2.